The zero-order valence-corrected chi connectivity index (χ0v) is 12.1. The topological polar surface area (TPSA) is 54.4 Å². The number of hydrogen-bond donors (Lipinski definition) is 1. The molecule has 0 unspecified atom stereocenters. The molecule has 2 saturated carbocycles. The van der Waals surface area contributed by atoms with E-state index in [0.717, 1.165) is 0 Å². The van der Waals surface area contributed by atoms with Crippen LogP contribution in [-0.2, 0) is 29.1 Å². The van der Waals surface area contributed by atoms with Crippen molar-refractivity contribution in [2.24, 2.45) is 0 Å². The van der Waals surface area contributed by atoms with E-state index in [1.54, 1.807) is 0 Å². The Bertz CT molecular complexity index is 139. The number of carbonyl (C=O) groups is 1. The van der Waals surface area contributed by atoms with Crippen molar-refractivity contribution in [3.8, 4) is 0 Å². The molecule has 2 fully saturated rings. The minimum absolute atomic E-state index is 0.250. The molecule has 0 atom stereocenters. The summed E-state index contributed by atoms with van der Waals surface area (Å²) in [6, 6.07) is 0. The first-order chi connectivity index (χ1) is 8.20. The molecule has 4 heteroatoms. The van der Waals surface area contributed by atoms with Crippen molar-refractivity contribution in [3.05, 3.63) is 63.2 Å². The molecule has 0 aromatic carbocycles. The van der Waals surface area contributed by atoms with Gasteiger partial charge in [0.1, 0.15) is 0 Å². The third-order valence-corrected chi connectivity index (χ3v) is 1.66. The van der Waals surface area contributed by atoms with Crippen LogP contribution in [0.1, 0.15) is 13.8 Å². The third kappa shape index (κ3) is 16.0. The number of hydrogen-bond acceptors (Lipinski definition) is 2. The summed E-state index contributed by atoms with van der Waals surface area (Å²) in [6.07, 6.45) is 16.5. The first-order valence-corrected chi connectivity index (χ1v) is 5.73. The quantitative estimate of drug-likeness (QED) is 0.552. The van der Waals surface area contributed by atoms with Crippen LogP contribution in [0, 0.1) is 63.2 Å². The fourth-order valence-electron chi connectivity index (χ4n) is 0.940. The predicted molar refractivity (Wildman–Crippen MR) is 61.6 cm³/mol. The molecule has 17 heavy (non-hydrogen) atoms. The minimum atomic E-state index is -0.250. The van der Waals surface area contributed by atoms with Crippen molar-refractivity contribution >= 4 is 6.47 Å². The molecule has 0 heterocycles. The van der Waals surface area contributed by atoms with Gasteiger partial charge in [-0.15, -0.1) is 0 Å². The molecule has 0 amide bonds. The van der Waals surface area contributed by atoms with E-state index in [4.69, 9.17) is 13.2 Å². The zero-order chi connectivity index (χ0) is 13.5. The summed E-state index contributed by atoms with van der Waals surface area (Å²) < 4.78 is 8.30. The van der Waals surface area contributed by atoms with Gasteiger partial charge in [0.05, 0.1) is 0 Å². The summed E-state index contributed by atoms with van der Waals surface area (Å²) in [6.45, 7) is 3.92. The van der Waals surface area contributed by atoms with E-state index in [-0.39, 0.29) is 6.47 Å². The monoisotopic (exact) mass is 313 g/mol. The number of carboxylic acid groups (broad SMARTS) is 1. The molecule has 91 valence electrons. The van der Waals surface area contributed by atoms with Gasteiger partial charge in [0.15, 0.2) is 0 Å². The average molecular weight is 313 g/mol. The summed E-state index contributed by atoms with van der Waals surface area (Å²) in [7, 11) is 0. The number of rotatable bonds is 0. The van der Waals surface area contributed by atoms with Gasteiger partial charge in [-0.3, -0.25) is 4.79 Å². The van der Waals surface area contributed by atoms with Crippen molar-refractivity contribution in [2.45, 2.75) is 13.8 Å². The standard InChI is InChI=1S/2C6H7.CH2O2.Nb.O/c2*1-6-4-2-3-5-6;2-1-3;;/h2*2-5H,1H3;1H,(H,2,3);;. The normalized spacial score (nSPS) is 18.9. The second kappa shape index (κ2) is 16.0. The Kier molecular flexibility index (Phi) is 18.2. The van der Waals surface area contributed by atoms with Crippen molar-refractivity contribution < 1.29 is 34.2 Å². The van der Waals surface area contributed by atoms with E-state index in [1.807, 2.05) is 25.7 Å². The molecule has 2 aliphatic carbocycles. The average Bonchev–Trinajstić information content (AvgIpc) is 2.97. The van der Waals surface area contributed by atoms with E-state index >= 15 is 0 Å². The van der Waals surface area contributed by atoms with Gasteiger partial charge in [-0.25, -0.2) is 0 Å². The summed E-state index contributed by atoms with van der Waals surface area (Å²) in [5, 5.41) is 6.89. The van der Waals surface area contributed by atoms with Gasteiger partial charge in [0.2, 0.25) is 0 Å². The Balaban J connectivity index is 0. The fraction of sp³-hybridized carbons (Fsp3) is 0.154. The van der Waals surface area contributed by atoms with Crippen molar-refractivity contribution in [1.82, 2.24) is 0 Å². The Morgan fingerprint density at radius 2 is 1.06 bits per heavy atom. The molecule has 0 saturated heterocycles. The first-order valence-electron chi connectivity index (χ1n) is 4.83. The van der Waals surface area contributed by atoms with Crippen LogP contribution in [-0.4, -0.2) is 11.6 Å². The Morgan fingerprint density at radius 1 is 0.882 bits per heavy atom. The van der Waals surface area contributed by atoms with Crippen LogP contribution in [0.3, 0.4) is 0 Å². The molecule has 0 spiro atoms. The van der Waals surface area contributed by atoms with Crippen LogP contribution >= 0.6 is 0 Å². The summed E-state index contributed by atoms with van der Waals surface area (Å²) >= 11 is 0.500. The van der Waals surface area contributed by atoms with Gasteiger partial charge in [0.25, 0.3) is 6.47 Å². The van der Waals surface area contributed by atoms with E-state index < -0.39 is 0 Å². The second-order valence-corrected chi connectivity index (χ2v) is 3.03. The van der Waals surface area contributed by atoms with Crippen LogP contribution in [0.2, 0.25) is 0 Å². The maximum absolute atomic E-state index is 8.36. The van der Waals surface area contributed by atoms with Crippen molar-refractivity contribution in [3.63, 3.8) is 0 Å². The summed E-state index contributed by atoms with van der Waals surface area (Å²) in [5.74, 6) is 2.69. The SMILES string of the molecule is C[C]1[CH][CH][CH][CH]1.C[C]1[CH][CH][CH][CH]1.O=CO.[O]=[Nb]. The van der Waals surface area contributed by atoms with Gasteiger partial charge in [-0.2, -0.15) is 0 Å². The van der Waals surface area contributed by atoms with Crippen LogP contribution in [0.5, 0.6) is 0 Å². The van der Waals surface area contributed by atoms with E-state index in [1.165, 1.54) is 11.8 Å². The third-order valence-electron chi connectivity index (χ3n) is 1.66. The molecule has 0 aromatic heterocycles. The van der Waals surface area contributed by atoms with Gasteiger partial charge in [-0.05, 0) is 63.2 Å². The molecular weight excluding hydrogens is 297 g/mol. The molecule has 0 aromatic rings. The molecule has 0 bridgehead atoms. The predicted octanol–water partition coefficient (Wildman–Crippen LogP) is 2.40. The van der Waals surface area contributed by atoms with Crippen molar-refractivity contribution in [2.75, 3.05) is 0 Å². The zero-order valence-electron chi connectivity index (χ0n) is 9.91. The summed E-state index contributed by atoms with van der Waals surface area (Å²) in [4.78, 5) is 8.36. The summed E-state index contributed by atoms with van der Waals surface area (Å²) in [5.41, 5.74) is 0. The van der Waals surface area contributed by atoms with Gasteiger partial charge >= 0.3 is 24.3 Å². The fourth-order valence-corrected chi connectivity index (χ4v) is 0.940. The maximum atomic E-state index is 8.36. The van der Waals surface area contributed by atoms with E-state index in [9.17, 15) is 0 Å². The molecule has 3 nitrogen and oxygen atoms in total. The molecule has 2 aliphatic rings. The Hall–Kier alpha value is 0.0103. The molecular formula is C13H16NbO3. The van der Waals surface area contributed by atoms with E-state index in [2.05, 4.69) is 39.5 Å². The Labute approximate surface area is 118 Å². The van der Waals surface area contributed by atoms with Gasteiger partial charge in [0, 0.05) is 0 Å². The van der Waals surface area contributed by atoms with Crippen molar-refractivity contribution in [1.29, 1.82) is 0 Å². The van der Waals surface area contributed by atoms with Gasteiger partial charge in [-0.1, -0.05) is 13.8 Å². The molecule has 2 rings (SSSR count). The van der Waals surface area contributed by atoms with Crippen LogP contribution < -0.4 is 0 Å². The van der Waals surface area contributed by atoms with Crippen LogP contribution in [0.25, 0.3) is 0 Å². The Morgan fingerprint density at radius 3 is 1.12 bits per heavy atom. The molecule has 0 aliphatic heterocycles. The second-order valence-electron chi connectivity index (χ2n) is 3.03. The van der Waals surface area contributed by atoms with Gasteiger partial charge < -0.3 is 5.11 Å². The van der Waals surface area contributed by atoms with Crippen LogP contribution in [0.4, 0.5) is 0 Å². The molecule has 1 N–H and O–H groups in total. The van der Waals surface area contributed by atoms with E-state index in [0.29, 0.717) is 21.0 Å². The van der Waals surface area contributed by atoms with Crippen LogP contribution in [0.15, 0.2) is 0 Å². The first kappa shape index (κ1) is 19.4. The molecule has 10 radical (unpaired) electrons.